The van der Waals surface area contributed by atoms with E-state index in [4.69, 9.17) is 9.84 Å². The SMILES string of the molecule is O/C=C/CNCCC(Oc1ccc(C(F)(F)F)cc1)c1ccccc1. The van der Waals surface area contributed by atoms with Crippen molar-refractivity contribution in [3.63, 3.8) is 0 Å². The molecule has 0 spiro atoms. The van der Waals surface area contributed by atoms with Crippen molar-refractivity contribution in [3.05, 3.63) is 78.1 Å². The van der Waals surface area contributed by atoms with Crippen LogP contribution in [0.15, 0.2) is 66.9 Å². The molecule has 0 bridgehead atoms. The number of aliphatic hydroxyl groups excluding tert-OH is 1. The van der Waals surface area contributed by atoms with Crippen LogP contribution in [-0.2, 0) is 6.18 Å². The lowest BCUT2D eigenvalue weighted by atomic mass is 10.1. The van der Waals surface area contributed by atoms with E-state index in [1.165, 1.54) is 12.1 Å². The van der Waals surface area contributed by atoms with Gasteiger partial charge in [0, 0.05) is 13.0 Å². The third kappa shape index (κ3) is 6.15. The molecule has 0 heterocycles. The minimum Gasteiger partial charge on any atom is -0.516 e. The maximum absolute atomic E-state index is 12.6. The first-order valence-electron chi connectivity index (χ1n) is 7.89. The molecule has 0 saturated heterocycles. The molecule has 0 fully saturated rings. The second kappa shape index (κ2) is 9.13. The average molecular weight is 351 g/mol. The molecule has 134 valence electrons. The fourth-order valence-electron chi connectivity index (χ4n) is 2.32. The van der Waals surface area contributed by atoms with Crippen molar-refractivity contribution >= 4 is 0 Å². The molecule has 1 unspecified atom stereocenters. The van der Waals surface area contributed by atoms with Gasteiger partial charge in [-0.2, -0.15) is 13.2 Å². The van der Waals surface area contributed by atoms with Crippen molar-refractivity contribution < 1.29 is 23.0 Å². The van der Waals surface area contributed by atoms with E-state index in [0.29, 0.717) is 25.3 Å². The van der Waals surface area contributed by atoms with E-state index in [0.717, 1.165) is 24.0 Å². The highest BCUT2D eigenvalue weighted by Gasteiger charge is 2.30. The molecule has 0 saturated carbocycles. The van der Waals surface area contributed by atoms with E-state index in [2.05, 4.69) is 5.32 Å². The molecule has 2 aromatic rings. The van der Waals surface area contributed by atoms with Crippen LogP contribution in [0.2, 0.25) is 0 Å². The predicted octanol–water partition coefficient (Wildman–Crippen LogP) is 4.88. The van der Waals surface area contributed by atoms with Gasteiger partial charge in [-0.1, -0.05) is 30.3 Å². The van der Waals surface area contributed by atoms with E-state index in [9.17, 15) is 13.2 Å². The third-order valence-corrected chi connectivity index (χ3v) is 3.58. The zero-order valence-electron chi connectivity index (χ0n) is 13.5. The van der Waals surface area contributed by atoms with Gasteiger partial charge in [-0.05, 0) is 42.4 Å². The van der Waals surface area contributed by atoms with Gasteiger partial charge in [-0.25, -0.2) is 0 Å². The van der Waals surface area contributed by atoms with Crippen LogP contribution in [0.3, 0.4) is 0 Å². The van der Waals surface area contributed by atoms with Crippen LogP contribution in [0, 0.1) is 0 Å². The molecule has 0 aliphatic heterocycles. The van der Waals surface area contributed by atoms with E-state index in [-0.39, 0.29) is 6.10 Å². The molecule has 0 aromatic heterocycles. The highest BCUT2D eigenvalue weighted by Crippen LogP contribution is 2.31. The van der Waals surface area contributed by atoms with Crippen LogP contribution in [0.5, 0.6) is 5.75 Å². The summed E-state index contributed by atoms with van der Waals surface area (Å²) in [4.78, 5) is 0. The third-order valence-electron chi connectivity index (χ3n) is 3.58. The normalized spacial score (nSPS) is 13.1. The Morgan fingerprint density at radius 1 is 1.04 bits per heavy atom. The summed E-state index contributed by atoms with van der Waals surface area (Å²) in [5.74, 6) is 0.386. The molecular formula is C19H20F3NO2. The summed E-state index contributed by atoms with van der Waals surface area (Å²) in [5, 5.41) is 11.7. The minimum absolute atomic E-state index is 0.288. The van der Waals surface area contributed by atoms with Crippen LogP contribution < -0.4 is 10.1 Å². The molecule has 2 rings (SSSR count). The van der Waals surface area contributed by atoms with Crippen LogP contribution in [0.25, 0.3) is 0 Å². The van der Waals surface area contributed by atoms with Crippen LogP contribution in [0.1, 0.15) is 23.7 Å². The second-order valence-corrected chi connectivity index (χ2v) is 5.42. The molecular weight excluding hydrogens is 331 g/mol. The van der Waals surface area contributed by atoms with Crippen molar-refractivity contribution in [2.24, 2.45) is 0 Å². The van der Waals surface area contributed by atoms with Crippen molar-refractivity contribution in [3.8, 4) is 5.75 Å². The first kappa shape index (κ1) is 18.9. The highest BCUT2D eigenvalue weighted by atomic mass is 19.4. The van der Waals surface area contributed by atoms with Crippen molar-refractivity contribution in [1.82, 2.24) is 5.32 Å². The zero-order chi connectivity index (χ0) is 18.1. The maximum atomic E-state index is 12.6. The summed E-state index contributed by atoms with van der Waals surface area (Å²) >= 11 is 0. The van der Waals surface area contributed by atoms with Crippen LogP contribution in [-0.4, -0.2) is 18.2 Å². The first-order chi connectivity index (χ1) is 12.0. The maximum Gasteiger partial charge on any atom is 0.416 e. The van der Waals surface area contributed by atoms with E-state index in [1.54, 1.807) is 6.08 Å². The van der Waals surface area contributed by atoms with E-state index < -0.39 is 11.7 Å². The predicted molar refractivity (Wildman–Crippen MR) is 90.5 cm³/mol. The van der Waals surface area contributed by atoms with Crippen LogP contribution in [0.4, 0.5) is 13.2 Å². The number of nitrogens with one attached hydrogen (secondary N) is 1. The molecule has 1 atom stereocenters. The second-order valence-electron chi connectivity index (χ2n) is 5.42. The number of hydrogen-bond acceptors (Lipinski definition) is 3. The number of aliphatic hydroxyl groups is 1. The molecule has 25 heavy (non-hydrogen) atoms. The Bertz CT molecular complexity index is 655. The van der Waals surface area contributed by atoms with Gasteiger partial charge in [0.15, 0.2) is 0 Å². The van der Waals surface area contributed by atoms with Gasteiger partial charge < -0.3 is 15.2 Å². The van der Waals surface area contributed by atoms with E-state index in [1.807, 2.05) is 30.3 Å². The first-order valence-corrected chi connectivity index (χ1v) is 7.89. The number of ether oxygens (including phenoxy) is 1. The highest BCUT2D eigenvalue weighted by molar-refractivity contribution is 5.30. The van der Waals surface area contributed by atoms with Crippen LogP contribution >= 0.6 is 0 Å². The summed E-state index contributed by atoms with van der Waals surface area (Å²) in [7, 11) is 0. The monoisotopic (exact) mass is 351 g/mol. The summed E-state index contributed by atoms with van der Waals surface area (Å²) in [6.07, 6.45) is -1.47. The Hall–Kier alpha value is -2.47. The van der Waals surface area contributed by atoms with Gasteiger partial charge in [0.2, 0.25) is 0 Å². The Morgan fingerprint density at radius 2 is 1.72 bits per heavy atom. The number of alkyl halides is 3. The van der Waals surface area contributed by atoms with Gasteiger partial charge in [0.1, 0.15) is 11.9 Å². The molecule has 0 aliphatic rings. The van der Waals surface area contributed by atoms with Gasteiger partial charge >= 0.3 is 6.18 Å². The Balaban J connectivity index is 2.05. The topological polar surface area (TPSA) is 41.5 Å². The molecule has 0 aliphatic carbocycles. The fourth-order valence-corrected chi connectivity index (χ4v) is 2.32. The average Bonchev–Trinajstić information content (AvgIpc) is 2.61. The summed E-state index contributed by atoms with van der Waals surface area (Å²) in [5.41, 5.74) is 0.246. The molecule has 2 aromatic carbocycles. The molecule has 3 nitrogen and oxygen atoms in total. The Morgan fingerprint density at radius 3 is 2.32 bits per heavy atom. The smallest absolute Gasteiger partial charge is 0.416 e. The lowest BCUT2D eigenvalue weighted by Gasteiger charge is -2.20. The van der Waals surface area contributed by atoms with Crippen molar-refractivity contribution in [1.29, 1.82) is 0 Å². The Labute approximate surface area is 144 Å². The van der Waals surface area contributed by atoms with Crippen molar-refractivity contribution in [2.75, 3.05) is 13.1 Å². The lowest BCUT2D eigenvalue weighted by molar-refractivity contribution is -0.137. The minimum atomic E-state index is -4.36. The van der Waals surface area contributed by atoms with Crippen molar-refractivity contribution in [2.45, 2.75) is 18.7 Å². The molecule has 0 amide bonds. The summed E-state index contributed by atoms with van der Waals surface area (Å²) in [6, 6.07) is 14.2. The standard InChI is InChI=1S/C19H20F3NO2/c20-19(21,22)16-7-9-17(10-8-16)25-18(11-13-23-12-4-14-24)15-5-2-1-3-6-15/h1-10,14,18,23-24H,11-13H2/b14-4+. The van der Waals surface area contributed by atoms with E-state index >= 15 is 0 Å². The van der Waals surface area contributed by atoms with Gasteiger partial charge in [-0.15, -0.1) is 0 Å². The molecule has 6 heteroatoms. The zero-order valence-corrected chi connectivity index (χ0v) is 13.5. The molecule has 0 radical (unpaired) electrons. The number of rotatable bonds is 8. The fraction of sp³-hybridized carbons (Fsp3) is 0.263. The molecule has 2 N–H and O–H groups in total. The van der Waals surface area contributed by atoms with Gasteiger partial charge in [0.25, 0.3) is 0 Å². The number of benzene rings is 2. The summed E-state index contributed by atoms with van der Waals surface area (Å²) < 4.78 is 43.8. The quantitative estimate of drug-likeness (QED) is 0.526. The van der Waals surface area contributed by atoms with Gasteiger partial charge in [-0.3, -0.25) is 0 Å². The summed E-state index contributed by atoms with van der Waals surface area (Å²) in [6.45, 7) is 1.16. The number of halogens is 3. The number of hydrogen-bond donors (Lipinski definition) is 2. The van der Waals surface area contributed by atoms with Gasteiger partial charge in [0.05, 0.1) is 11.8 Å². The Kier molecular flexibility index (Phi) is 6.89. The largest absolute Gasteiger partial charge is 0.516 e. The lowest BCUT2D eigenvalue weighted by Crippen LogP contribution is -2.20.